The Bertz CT molecular complexity index is 870. The van der Waals surface area contributed by atoms with Crippen molar-refractivity contribution in [1.82, 2.24) is 10.2 Å². The van der Waals surface area contributed by atoms with E-state index >= 15 is 0 Å². The van der Waals surface area contributed by atoms with Gasteiger partial charge < -0.3 is 5.32 Å². The maximum absolute atomic E-state index is 12.2. The quantitative estimate of drug-likeness (QED) is 0.663. The molecular weight excluding hydrogens is 386 g/mol. The summed E-state index contributed by atoms with van der Waals surface area (Å²) in [4.78, 5) is 14.3. The van der Waals surface area contributed by atoms with E-state index in [9.17, 15) is 13.2 Å². The number of carbonyl (C=O) groups excluding carboxylic acids is 1. The molecule has 0 spiro atoms. The third-order valence-corrected chi connectivity index (χ3v) is 5.45. The van der Waals surface area contributed by atoms with Crippen LogP contribution in [0.1, 0.15) is 18.1 Å². The van der Waals surface area contributed by atoms with Crippen LogP contribution < -0.4 is 10.5 Å². The minimum atomic E-state index is -3.68. The lowest BCUT2D eigenvalue weighted by atomic mass is 10.1. The predicted molar refractivity (Wildman–Crippen MR) is 107 cm³/mol. The van der Waals surface area contributed by atoms with Gasteiger partial charge in [-0.25, -0.2) is 13.6 Å². The van der Waals surface area contributed by atoms with Crippen LogP contribution in [0.5, 0.6) is 0 Å². The molecule has 2 aromatic carbocycles. The zero-order valence-electron chi connectivity index (χ0n) is 15.2. The van der Waals surface area contributed by atoms with Gasteiger partial charge in [0.25, 0.3) is 0 Å². The minimum absolute atomic E-state index is 0.0648. The lowest BCUT2D eigenvalue weighted by Gasteiger charge is -2.20. The highest BCUT2D eigenvalue weighted by Gasteiger charge is 2.11. The van der Waals surface area contributed by atoms with Crippen molar-refractivity contribution in [2.45, 2.75) is 24.8 Å². The first-order chi connectivity index (χ1) is 12.8. The van der Waals surface area contributed by atoms with Gasteiger partial charge in [0.15, 0.2) is 0 Å². The van der Waals surface area contributed by atoms with Crippen LogP contribution in [0.25, 0.3) is 0 Å². The number of carbonyl (C=O) groups is 1. The number of primary sulfonamides is 1. The number of nitrogens with two attached hydrogens (primary N) is 1. The highest BCUT2D eigenvalue weighted by molar-refractivity contribution is 7.89. The molecule has 0 aliphatic rings. The molecule has 2 aromatic rings. The average Bonchev–Trinajstić information content (AvgIpc) is 2.62. The Morgan fingerprint density at radius 1 is 1.15 bits per heavy atom. The summed E-state index contributed by atoms with van der Waals surface area (Å²) in [6.07, 6.45) is 0.604. The zero-order chi connectivity index (χ0) is 19.9. The Hall–Kier alpha value is -1.93. The summed E-state index contributed by atoms with van der Waals surface area (Å²) >= 11 is 6.18. The summed E-state index contributed by atoms with van der Waals surface area (Å²) in [5.74, 6) is -0.0648. The summed E-state index contributed by atoms with van der Waals surface area (Å²) in [6.45, 7) is 4.09. The zero-order valence-corrected chi connectivity index (χ0v) is 16.8. The van der Waals surface area contributed by atoms with Crippen molar-refractivity contribution < 1.29 is 13.2 Å². The number of hydrogen-bond acceptors (Lipinski definition) is 4. The molecule has 0 radical (unpaired) electrons. The van der Waals surface area contributed by atoms with Crippen LogP contribution in [0.2, 0.25) is 5.02 Å². The molecule has 8 heteroatoms. The number of likely N-dealkylation sites (N-methyl/N-ethyl adjacent to an activating group) is 1. The smallest absolute Gasteiger partial charge is 0.238 e. The molecule has 3 N–H and O–H groups in total. The Labute approximate surface area is 165 Å². The van der Waals surface area contributed by atoms with Crippen molar-refractivity contribution in [2.75, 3.05) is 19.6 Å². The molecule has 0 atom stereocenters. The van der Waals surface area contributed by atoms with Gasteiger partial charge in [-0.2, -0.15) is 0 Å². The monoisotopic (exact) mass is 409 g/mol. The SMILES string of the molecule is CCN(CC(=O)NCCc1ccc(S(N)(=O)=O)cc1)Cc1ccccc1Cl. The molecule has 0 aromatic heterocycles. The van der Waals surface area contributed by atoms with Gasteiger partial charge in [-0.05, 0) is 42.3 Å². The fourth-order valence-corrected chi connectivity index (χ4v) is 3.31. The highest BCUT2D eigenvalue weighted by atomic mass is 35.5. The van der Waals surface area contributed by atoms with Crippen molar-refractivity contribution in [2.24, 2.45) is 5.14 Å². The number of hydrogen-bond donors (Lipinski definition) is 2. The Morgan fingerprint density at radius 2 is 1.81 bits per heavy atom. The largest absolute Gasteiger partial charge is 0.355 e. The third-order valence-electron chi connectivity index (χ3n) is 4.15. The van der Waals surface area contributed by atoms with Gasteiger partial charge in [0, 0.05) is 18.1 Å². The van der Waals surface area contributed by atoms with Crippen LogP contribution in [-0.2, 0) is 27.8 Å². The fraction of sp³-hybridized carbons (Fsp3) is 0.316. The van der Waals surface area contributed by atoms with E-state index < -0.39 is 10.0 Å². The van der Waals surface area contributed by atoms with Gasteiger partial charge in [0.1, 0.15) is 0 Å². The number of amides is 1. The maximum atomic E-state index is 12.2. The van der Waals surface area contributed by atoms with Crippen molar-refractivity contribution in [3.8, 4) is 0 Å². The molecule has 0 aliphatic carbocycles. The average molecular weight is 410 g/mol. The molecule has 0 saturated heterocycles. The topological polar surface area (TPSA) is 92.5 Å². The summed E-state index contributed by atoms with van der Waals surface area (Å²) in [5.41, 5.74) is 1.91. The molecule has 0 unspecified atom stereocenters. The lowest BCUT2D eigenvalue weighted by Crippen LogP contribution is -2.37. The summed E-state index contributed by atoms with van der Waals surface area (Å²) in [7, 11) is -3.68. The van der Waals surface area contributed by atoms with Crippen LogP contribution in [-0.4, -0.2) is 38.9 Å². The number of nitrogens with one attached hydrogen (secondary N) is 1. The standard InChI is InChI=1S/C19H24ClN3O3S/c1-2-23(13-16-5-3-4-6-18(16)20)14-19(24)22-12-11-15-7-9-17(10-8-15)27(21,25)26/h3-10H,2,11-14H2,1H3,(H,22,24)(H2,21,25,26). The number of sulfonamides is 1. The molecule has 27 heavy (non-hydrogen) atoms. The van der Waals surface area contributed by atoms with E-state index in [2.05, 4.69) is 5.32 Å². The van der Waals surface area contributed by atoms with Gasteiger partial charge in [-0.1, -0.05) is 48.9 Å². The Morgan fingerprint density at radius 3 is 2.41 bits per heavy atom. The van der Waals surface area contributed by atoms with Crippen LogP contribution in [0.15, 0.2) is 53.4 Å². The first-order valence-corrected chi connectivity index (χ1v) is 10.6. The molecule has 0 heterocycles. The third kappa shape index (κ3) is 6.95. The normalized spacial score (nSPS) is 11.6. The van der Waals surface area contributed by atoms with Crippen LogP contribution in [0.4, 0.5) is 0 Å². The van der Waals surface area contributed by atoms with Gasteiger partial charge >= 0.3 is 0 Å². The second-order valence-electron chi connectivity index (χ2n) is 6.18. The van der Waals surface area contributed by atoms with Crippen molar-refractivity contribution in [3.63, 3.8) is 0 Å². The Balaban J connectivity index is 1.80. The molecule has 0 saturated carbocycles. The van der Waals surface area contributed by atoms with E-state index in [0.29, 0.717) is 24.5 Å². The molecule has 0 aliphatic heterocycles. The molecule has 2 rings (SSSR count). The van der Waals surface area contributed by atoms with E-state index in [0.717, 1.165) is 17.7 Å². The number of halogens is 1. The van der Waals surface area contributed by atoms with Gasteiger partial charge in [-0.15, -0.1) is 0 Å². The summed E-state index contributed by atoms with van der Waals surface area (Å²) in [5, 5.41) is 8.65. The second kappa shape index (κ2) is 9.85. The number of benzene rings is 2. The fourth-order valence-electron chi connectivity index (χ4n) is 2.60. The lowest BCUT2D eigenvalue weighted by molar-refractivity contribution is -0.122. The van der Waals surface area contributed by atoms with Crippen LogP contribution >= 0.6 is 11.6 Å². The predicted octanol–water partition coefficient (Wildman–Crippen LogP) is 2.17. The molecule has 1 amide bonds. The van der Waals surface area contributed by atoms with E-state index in [1.165, 1.54) is 12.1 Å². The van der Waals surface area contributed by atoms with Crippen molar-refractivity contribution in [1.29, 1.82) is 0 Å². The second-order valence-corrected chi connectivity index (χ2v) is 8.15. The summed E-state index contributed by atoms with van der Waals surface area (Å²) in [6, 6.07) is 13.9. The van der Waals surface area contributed by atoms with Gasteiger partial charge in [0.2, 0.25) is 15.9 Å². The minimum Gasteiger partial charge on any atom is -0.355 e. The summed E-state index contributed by atoms with van der Waals surface area (Å²) < 4.78 is 22.5. The molecule has 0 bridgehead atoms. The van der Waals surface area contributed by atoms with Crippen molar-refractivity contribution >= 4 is 27.5 Å². The number of nitrogens with zero attached hydrogens (tertiary/aromatic N) is 1. The van der Waals surface area contributed by atoms with E-state index in [1.807, 2.05) is 36.1 Å². The van der Waals surface area contributed by atoms with Crippen molar-refractivity contribution in [3.05, 3.63) is 64.7 Å². The first kappa shape index (κ1) is 21.4. The van der Waals surface area contributed by atoms with E-state index in [1.54, 1.807) is 12.1 Å². The molecule has 146 valence electrons. The Kier molecular flexibility index (Phi) is 7.79. The van der Waals surface area contributed by atoms with Gasteiger partial charge in [-0.3, -0.25) is 9.69 Å². The number of rotatable bonds is 9. The van der Waals surface area contributed by atoms with Gasteiger partial charge in [0.05, 0.1) is 11.4 Å². The molecule has 0 fully saturated rings. The molecule has 6 nitrogen and oxygen atoms in total. The van der Waals surface area contributed by atoms with E-state index in [-0.39, 0.29) is 17.3 Å². The maximum Gasteiger partial charge on any atom is 0.238 e. The first-order valence-electron chi connectivity index (χ1n) is 8.63. The van der Waals surface area contributed by atoms with Crippen LogP contribution in [0.3, 0.4) is 0 Å². The highest BCUT2D eigenvalue weighted by Crippen LogP contribution is 2.16. The van der Waals surface area contributed by atoms with E-state index in [4.69, 9.17) is 16.7 Å². The van der Waals surface area contributed by atoms with Crippen LogP contribution in [0, 0.1) is 0 Å². The molecular formula is C19H24ClN3O3S.